The number of carbonyl (C=O) groups is 4. The first-order chi connectivity index (χ1) is 28.0. The first-order valence-electron chi connectivity index (χ1n) is 20.1. The number of benzene rings is 2. The Labute approximate surface area is 340 Å². The summed E-state index contributed by atoms with van der Waals surface area (Å²) in [5.74, 6) is -6.42. The zero-order chi connectivity index (χ0) is 42.4. The molecule has 8 rings (SSSR count). The topological polar surface area (TPSA) is 226 Å². The van der Waals surface area contributed by atoms with Gasteiger partial charge in [-0.3, -0.25) is 19.2 Å². The van der Waals surface area contributed by atoms with Crippen LogP contribution in [0.5, 0.6) is 17.2 Å². The highest BCUT2D eigenvalue weighted by molar-refractivity contribution is 6.31. The van der Waals surface area contributed by atoms with Gasteiger partial charge in [0.1, 0.15) is 47.6 Å². The van der Waals surface area contributed by atoms with Crippen LogP contribution in [0, 0.1) is 0 Å². The van der Waals surface area contributed by atoms with E-state index in [0.717, 1.165) is 7.11 Å². The minimum atomic E-state index is -1.92. The van der Waals surface area contributed by atoms with E-state index >= 15 is 0 Å². The summed E-state index contributed by atoms with van der Waals surface area (Å²) in [4.78, 5) is 55.7. The maximum absolute atomic E-state index is 14.0. The standard InChI is InChI=1S/C42H51NO16/c1-8-42(51)15-25(29-30(33(42)40(50)52-7)37(49)31-32(36(29)48)35(47)28-19(34(31)46)10-9-11-21(28)44)57-26-12-20(43(5)6)38(17(3)53-26)58-27-14-23-39(18(4)54-27)59-41-24(56-23)13-22(45)16(2)55-41/h9-11,16-18,20,23-27,33,38-39,41,44,48-49,51H,8,12-15H2,1-7H3/t16-,17-,18-,20-,23-,24-,25-,26-,27-,33?,38+,39+,41-,42+/m0/s1. The van der Waals surface area contributed by atoms with Crippen LogP contribution in [-0.4, -0.2) is 143 Å². The fourth-order valence-electron chi connectivity index (χ4n) is 9.80. The van der Waals surface area contributed by atoms with Crippen LogP contribution in [0.25, 0.3) is 0 Å². The summed E-state index contributed by atoms with van der Waals surface area (Å²) in [6, 6.07) is 3.55. The number of methoxy groups -OCH3 is 1. The molecule has 14 atom stereocenters. The number of nitrogens with zero attached hydrogens (tertiary/aromatic N) is 1. The van der Waals surface area contributed by atoms with Gasteiger partial charge in [0.15, 0.2) is 30.4 Å². The molecule has 0 saturated carbocycles. The lowest BCUT2D eigenvalue weighted by molar-refractivity contribution is -0.371. The monoisotopic (exact) mass is 825 g/mol. The number of fused-ring (bicyclic) bond motifs is 5. The van der Waals surface area contributed by atoms with Crippen LogP contribution < -0.4 is 0 Å². The Morgan fingerprint density at radius 3 is 2.22 bits per heavy atom. The van der Waals surface area contributed by atoms with Gasteiger partial charge in [0, 0.05) is 48.4 Å². The first-order valence-corrected chi connectivity index (χ1v) is 20.1. The van der Waals surface area contributed by atoms with Crippen molar-refractivity contribution in [2.75, 3.05) is 21.2 Å². The Morgan fingerprint density at radius 2 is 1.53 bits per heavy atom. The number of hydrogen-bond acceptors (Lipinski definition) is 17. The van der Waals surface area contributed by atoms with Crippen molar-refractivity contribution < 1.29 is 77.5 Å². The van der Waals surface area contributed by atoms with Gasteiger partial charge in [-0.25, -0.2) is 0 Å². The molecule has 17 heteroatoms. The highest BCUT2D eigenvalue weighted by Crippen LogP contribution is 2.57. The first kappa shape index (κ1) is 41.7. The molecule has 320 valence electrons. The quantitative estimate of drug-likeness (QED) is 0.198. The minimum absolute atomic E-state index is 0.0363. The molecule has 4 saturated heterocycles. The van der Waals surface area contributed by atoms with E-state index in [-0.39, 0.29) is 59.8 Å². The van der Waals surface area contributed by atoms with E-state index in [2.05, 4.69) is 0 Å². The molecule has 2 aromatic rings. The van der Waals surface area contributed by atoms with Gasteiger partial charge >= 0.3 is 5.97 Å². The molecular weight excluding hydrogens is 774 g/mol. The second-order valence-electron chi connectivity index (χ2n) is 16.7. The molecule has 4 N–H and O–H groups in total. The van der Waals surface area contributed by atoms with Crippen molar-refractivity contribution in [3.8, 4) is 17.2 Å². The van der Waals surface area contributed by atoms with Crippen molar-refractivity contribution in [2.24, 2.45) is 0 Å². The number of Topliss-reactive ketones (excluding diaryl/α,β-unsaturated/α-hetero) is 1. The number of aromatic hydroxyl groups is 3. The Balaban J connectivity index is 1.08. The summed E-state index contributed by atoms with van der Waals surface area (Å²) in [6.07, 6.45) is -6.94. The summed E-state index contributed by atoms with van der Waals surface area (Å²) >= 11 is 0. The molecule has 1 unspecified atom stereocenters. The fourth-order valence-corrected chi connectivity index (χ4v) is 9.80. The van der Waals surface area contributed by atoms with E-state index in [1.54, 1.807) is 20.8 Å². The van der Waals surface area contributed by atoms with E-state index < -0.39 is 125 Å². The van der Waals surface area contributed by atoms with Gasteiger partial charge in [-0.05, 0) is 47.4 Å². The molecule has 0 bridgehead atoms. The Bertz CT molecular complexity index is 2050. The highest BCUT2D eigenvalue weighted by atomic mass is 16.8. The van der Waals surface area contributed by atoms with Crippen molar-refractivity contribution in [3.05, 3.63) is 51.6 Å². The van der Waals surface area contributed by atoms with Crippen LogP contribution in [0.4, 0.5) is 0 Å². The SMILES string of the molecule is CC[C@@]1(O)C[C@H](O[C@H]2C[C@H](N(C)C)[C@H](O[C@H]3C[C@@H]4O[C@H]5CC(=O)[C@H](C)O[C@H]5O[C@@H]4[C@H](C)O3)[C@H](C)O2)c2c(O)c3c(c(O)c2C1C(=O)OC)C(=O)c1cccc(O)c1C3=O. The number of likely N-dealkylation sites (N-methyl/N-ethyl adjacent to an activating group) is 1. The molecular formula is C42H51NO16. The smallest absolute Gasteiger partial charge is 0.316 e. The molecule has 6 aliphatic rings. The highest BCUT2D eigenvalue weighted by Gasteiger charge is 2.56. The molecule has 4 fully saturated rings. The van der Waals surface area contributed by atoms with Crippen molar-refractivity contribution in [1.82, 2.24) is 4.90 Å². The zero-order valence-electron chi connectivity index (χ0n) is 33.9. The summed E-state index contributed by atoms with van der Waals surface area (Å²) in [5.41, 5.74) is -4.11. The van der Waals surface area contributed by atoms with E-state index in [1.807, 2.05) is 25.9 Å². The lowest BCUT2D eigenvalue weighted by atomic mass is 9.66. The second kappa shape index (κ2) is 15.5. The molecule has 2 aromatic carbocycles. The van der Waals surface area contributed by atoms with Crippen LogP contribution in [0.2, 0.25) is 0 Å². The van der Waals surface area contributed by atoms with Crippen LogP contribution in [0.3, 0.4) is 0 Å². The normalized spacial score (nSPS) is 37.8. The number of hydrogen-bond donors (Lipinski definition) is 4. The average molecular weight is 826 g/mol. The Kier molecular flexibility index (Phi) is 10.9. The van der Waals surface area contributed by atoms with Gasteiger partial charge in [-0.15, -0.1) is 0 Å². The molecule has 0 aromatic heterocycles. The zero-order valence-corrected chi connectivity index (χ0v) is 33.9. The number of carbonyl (C=O) groups excluding carboxylic acids is 4. The minimum Gasteiger partial charge on any atom is -0.507 e. The van der Waals surface area contributed by atoms with Gasteiger partial charge in [0.25, 0.3) is 0 Å². The molecule has 4 heterocycles. The summed E-state index contributed by atoms with van der Waals surface area (Å²) in [6.45, 7) is 7.00. The summed E-state index contributed by atoms with van der Waals surface area (Å²) < 4.78 is 49.4. The molecule has 0 spiro atoms. The number of rotatable bonds is 7. The number of ether oxygens (including phenoxy) is 8. The third-order valence-electron chi connectivity index (χ3n) is 12.9. The number of ketones is 3. The molecule has 0 amide bonds. The predicted octanol–water partition coefficient (Wildman–Crippen LogP) is 2.88. The van der Waals surface area contributed by atoms with Crippen molar-refractivity contribution in [2.45, 2.75) is 145 Å². The second-order valence-corrected chi connectivity index (χ2v) is 16.7. The van der Waals surface area contributed by atoms with Gasteiger partial charge in [0.05, 0.1) is 53.8 Å². The average Bonchev–Trinajstić information content (AvgIpc) is 3.18. The van der Waals surface area contributed by atoms with Gasteiger partial charge in [0.2, 0.25) is 5.78 Å². The third kappa shape index (κ3) is 6.84. The number of aliphatic hydroxyl groups is 1. The Hall–Kier alpha value is -4.04. The van der Waals surface area contributed by atoms with Crippen LogP contribution >= 0.6 is 0 Å². The summed E-state index contributed by atoms with van der Waals surface area (Å²) in [7, 11) is 4.85. The van der Waals surface area contributed by atoms with Crippen LogP contribution in [-0.2, 0) is 47.5 Å². The van der Waals surface area contributed by atoms with Crippen molar-refractivity contribution in [3.63, 3.8) is 0 Å². The lowest BCUT2D eigenvalue weighted by Gasteiger charge is -2.51. The predicted molar refractivity (Wildman–Crippen MR) is 201 cm³/mol. The number of esters is 1. The van der Waals surface area contributed by atoms with E-state index in [0.29, 0.717) is 6.42 Å². The molecule has 0 radical (unpaired) electrons. The fraction of sp³-hybridized carbons (Fsp3) is 0.619. The van der Waals surface area contributed by atoms with E-state index in [4.69, 9.17) is 37.9 Å². The van der Waals surface area contributed by atoms with Gasteiger partial charge in [-0.2, -0.15) is 0 Å². The van der Waals surface area contributed by atoms with Gasteiger partial charge < -0.3 is 63.2 Å². The Morgan fingerprint density at radius 1 is 0.847 bits per heavy atom. The molecule has 17 nitrogen and oxygen atoms in total. The van der Waals surface area contributed by atoms with Crippen molar-refractivity contribution >= 4 is 23.3 Å². The van der Waals surface area contributed by atoms with Gasteiger partial charge in [-0.1, -0.05) is 19.1 Å². The molecule has 4 aliphatic heterocycles. The van der Waals surface area contributed by atoms with Crippen LogP contribution in [0.1, 0.15) is 115 Å². The van der Waals surface area contributed by atoms with E-state index in [1.165, 1.54) is 18.2 Å². The number of phenolic OH excluding ortho intramolecular Hbond substituents is 3. The maximum Gasteiger partial charge on any atom is 0.316 e. The third-order valence-corrected chi connectivity index (χ3v) is 12.9. The lowest BCUT2D eigenvalue weighted by Crippen LogP contribution is -2.62. The molecule has 59 heavy (non-hydrogen) atoms. The van der Waals surface area contributed by atoms with E-state index in [9.17, 15) is 39.6 Å². The van der Waals surface area contributed by atoms with Crippen molar-refractivity contribution in [1.29, 1.82) is 0 Å². The molecule has 2 aliphatic carbocycles. The van der Waals surface area contributed by atoms with Crippen LogP contribution in [0.15, 0.2) is 18.2 Å². The maximum atomic E-state index is 14.0. The summed E-state index contributed by atoms with van der Waals surface area (Å²) in [5, 5.41) is 46.7. The largest absolute Gasteiger partial charge is 0.507 e. The number of phenols is 3.